The summed E-state index contributed by atoms with van der Waals surface area (Å²) in [7, 11) is 0. The molecule has 0 aliphatic heterocycles. The molecule has 0 amide bonds. The number of benzene rings is 1. The largest absolute Gasteiger partial charge is 0.396 e. The Morgan fingerprint density at radius 3 is 2.61 bits per heavy atom. The number of aliphatic imine (C=N–C) groups is 1. The number of aliphatic hydroxyl groups is 1. The maximum atomic E-state index is 9.16. The van der Waals surface area contributed by atoms with E-state index in [0.717, 1.165) is 48.9 Å². The van der Waals surface area contributed by atoms with E-state index >= 15 is 0 Å². The van der Waals surface area contributed by atoms with Crippen LogP contribution in [-0.4, -0.2) is 30.8 Å². The highest BCUT2D eigenvalue weighted by Gasteiger charge is 2.12. The van der Waals surface area contributed by atoms with E-state index in [2.05, 4.69) is 36.4 Å². The lowest BCUT2D eigenvalue weighted by atomic mass is 10.0. The van der Waals surface area contributed by atoms with Crippen molar-refractivity contribution in [3.05, 3.63) is 34.9 Å². The molecule has 0 aliphatic rings. The van der Waals surface area contributed by atoms with E-state index < -0.39 is 0 Å². The van der Waals surface area contributed by atoms with Gasteiger partial charge in [-0.2, -0.15) is 0 Å². The molecule has 0 fully saturated rings. The zero-order valence-corrected chi connectivity index (χ0v) is 15.2. The zero-order valence-electron chi connectivity index (χ0n) is 14.5. The minimum absolute atomic E-state index is 0.0731. The molecule has 2 unspecified atom stereocenters. The Morgan fingerprint density at radius 1 is 1.26 bits per heavy atom. The molecular formula is C18H30ClN3O. The second-order valence-corrected chi connectivity index (χ2v) is 6.18. The van der Waals surface area contributed by atoms with Crippen LogP contribution in [0, 0.1) is 5.92 Å². The predicted molar refractivity (Wildman–Crippen MR) is 99.1 cm³/mol. The van der Waals surface area contributed by atoms with Crippen molar-refractivity contribution in [1.29, 1.82) is 0 Å². The fraction of sp³-hybridized carbons (Fsp3) is 0.611. The van der Waals surface area contributed by atoms with Crippen LogP contribution in [-0.2, 0) is 0 Å². The van der Waals surface area contributed by atoms with E-state index in [1.807, 2.05) is 24.3 Å². The summed E-state index contributed by atoms with van der Waals surface area (Å²) in [6, 6.07) is 7.92. The number of nitrogens with zero attached hydrogens (tertiary/aromatic N) is 1. The van der Waals surface area contributed by atoms with Crippen molar-refractivity contribution in [2.24, 2.45) is 10.9 Å². The minimum Gasteiger partial charge on any atom is -0.396 e. The summed E-state index contributed by atoms with van der Waals surface area (Å²) in [6.07, 6.45) is 3.00. The van der Waals surface area contributed by atoms with Crippen LogP contribution in [0.15, 0.2) is 29.3 Å². The number of guanidine groups is 1. The molecule has 130 valence electrons. The smallest absolute Gasteiger partial charge is 0.191 e. The quantitative estimate of drug-likeness (QED) is 0.474. The molecule has 0 heterocycles. The lowest BCUT2D eigenvalue weighted by Crippen LogP contribution is -2.39. The normalized spacial score (nSPS) is 14.4. The molecule has 0 radical (unpaired) electrons. The van der Waals surface area contributed by atoms with E-state index in [-0.39, 0.29) is 12.6 Å². The van der Waals surface area contributed by atoms with Gasteiger partial charge in [0, 0.05) is 24.7 Å². The van der Waals surface area contributed by atoms with Gasteiger partial charge in [-0.1, -0.05) is 43.1 Å². The Morgan fingerprint density at radius 2 is 2.00 bits per heavy atom. The van der Waals surface area contributed by atoms with Crippen LogP contribution in [0.4, 0.5) is 0 Å². The first kappa shape index (κ1) is 19.8. The van der Waals surface area contributed by atoms with E-state index in [0.29, 0.717) is 5.92 Å². The first-order valence-corrected chi connectivity index (χ1v) is 8.90. The molecule has 1 aromatic rings. The van der Waals surface area contributed by atoms with Crippen molar-refractivity contribution in [3.8, 4) is 0 Å². The van der Waals surface area contributed by atoms with Crippen LogP contribution < -0.4 is 10.6 Å². The maximum absolute atomic E-state index is 9.16. The summed E-state index contributed by atoms with van der Waals surface area (Å²) in [4.78, 5) is 4.69. The van der Waals surface area contributed by atoms with Gasteiger partial charge in [-0.15, -0.1) is 0 Å². The Kier molecular flexibility index (Phi) is 9.72. The molecular weight excluding hydrogens is 310 g/mol. The molecule has 1 aromatic carbocycles. The molecule has 4 nitrogen and oxygen atoms in total. The molecule has 23 heavy (non-hydrogen) atoms. The lowest BCUT2D eigenvalue weighted by Gasteiger charge is -2.20. The molecule has 0 bridgehead atoms. The highest BCUT2D eigenvalue weighted by Crippen LogP contribution is 2.22. The van der Waals surface area contributed by atoms with Crippen LogP contribution in [0.1, 0.15) is 51.6 Å². The lowest BCUT2D eigenvalue weighted by molar-refractivity contribution is 0.253. The average Bonchev–Trinajstić information content (AvgIpc) is 2.53. The molecule has 3 N–H and O–H groups in total. The Balaban J connectivity index is 2.73. The van der Waals surface area contributed by atoms with Gasteiger partial charge in [0.2, 0.25) is 0 Å². The monoisotopic (exact) mass is 339 g/mol. The van der Waals surface area contributed by atoms with Crippen LogP contribution in [0.3, 0.4) is 0 Å². The first-order chi connectivity index (χ1) is 11.1. The van der Waals surface area contributed by atoms with Crippen molar-refractivity contribution in [3.63, 3.8) is 0 Å². The topological polar surface area (TPSA) is 56.7 Å². The Labute approximate surface area is 145 Å². The zero-order chi connectivity index (χ0) is 17.1. The molecule has 0 spiro atoms. The average molecular weight is 340 g/mol. The standard InChI is InChI=1S/C18H30ClN3O/c1-4-8-15(11-12-23)13-21-18(20-5-2)22-14(3)16-9-6-7-10-17(16)19/h6-7,9-10,14-15,23H,4-5,8,11-13H2,1-3H3,(H2,20,21,22). The van der Waals surface area contributed by atoms with Gasteiger partial charge in [0.1, 0.15) is 0 Å². The number of nitrogens with one attached hydrogen (secondary N) is 2. The van der Waals surface area contributed by atoms with Crippen molar-refractivity contribution in [2.75, 3.05) is 19.7 Å². The Hall–Kier alpha value is -1.26. The van der Waals surface area contributed by atoms with E-state index in [4.69, 9.17) is 16.7 Å². The van der Waals surface area contributed by atoms with Gasteiger partial charge in [-0.3, -0.25) is 4.99 Å². The predicted octanol–water partition coefficient (Wildman–Crippen LogP) is 3.75. The molecule has 0 aliphatic carbocycles. The van der Waals surface area contributed by atoms with Gasteiger partial charge in [0.15, 0.2) is 5.96 Å². The van der Waals surface area contributed by atoms with Crippen LogP contribution in [0.5, 0.6) is 0 Å². The summed E-state index contributed by atoms with van der Waals surface area (Å²) >= 11 is 6.26. The molecule has 0 saturated heterocycles. The van der Waals surface area contributed by atoms with Crippen molar-refractivity contribution in [2.45, 2.75) is 46.1 Å². The Bertz CT molecular complexity index is 473. The second-order valence-electron chi connectivity index (χ2n) is 5.77. The van der Waals surface area contributed by atoms with Crippen LogP contribution >= 0.6 is 11.6 Å². The highest BCUT2D eigenvalue weighted by molar-refractivity contribution is 6.31. The number of aliphatic hydroxyl groups excluding tert-OH is 1. The molecule has 0 saturated carbocycles. The van der Waals surface area contributed by atoms with E-state index in [1.165, 1.54) is 0 Å². The summed E-state index contributed by atoms with van der Waals surface area (Å²) in [5, 5.41) is 16.6. The van der Waals surface area contributed by atoms with Gasteiger partial charge in [-0.05, 0) is 44.2 Å². The van der Waals surface area contributed by atoms with Crippen molar-refractivity contribution >= 4 is 17.6 Å². The third-order valence-electron chi connectivity index (χ3n) is 3.81. The molecule has 0 aromatic heterocycles. The second kappa shape index (κ2) is 11.3. The van der Waals surface area contributed by atoms with Gasteiger partial charge < -0.3 is 15.7 Å². The summed E-state index contributed by atoms with van der Waals surface area (Å²) in [6.45, 7) is 8.04. The number of hydrogen-bond acceptors (Lipinski definition) is 2. The van der Waals surface area contributed by atoms with Crippen molar-refractivity contribution < 1.29 is 5.11 Å². The number of halogens is 1. The molecule has 1 rings (SSSR count). The fourth-order valence-electron chi connectivity index (χ4n) is 2.57. The van der Waals surface area contributed by atoms with E-state index in [1.54, 1.807) is 0 Å². The third-order valence-corrected chi connectivity index (χ3v) is 4.16. The van der Waals surface area contributed by atoms with Gasteiger partial charge >= 0.3 is 0 Å². The van der Waals surface area contributed by atoms with Crippen LogP contribution in [0.25, 0.3) is 0 Å². The van der Waals surface area contributed by atoms with Gasteiger partial charge in [0.05, 0.1) is 6.04 Å². The SMILES string of the molecule is CCCC(CCO)CN=C(NCC)NC(C)c1ccccc1Cl. The van der Waals surface area contributed by atoms with Crippen LogP contribution in [0.2, 0.25) is 5.02 Å². The summed E-state index contributed by atoms with van der Waals surface area (Å²) < 4.78 is 0. The van der Waals surface area contributed by atoms with Gasteiger partial charge in [-0.25, -0.2) is 0 Å². The third kappa shape index (κ3) is 7.23. The van der Waals surface area contributed by atoms with E-state index in [9.17, 15) is 0 Å². The number of rotatable bonds is 9. The fourth-order valence-corrected chi connectivity index (χ4v) is 2.87. The highest BCUT2D eigenvalue weighted by atomic mass is 35.5. The maximum Gasteiger partial charge on any atom is 0.191 e. The number of hydrogen-bond donors (Lipinski definition) is 3. The summed E-state index contributed by atoms with van der Waals surface area (Å²) in [5.41, 5.74) is 1.06. The van der Waals surface area contributed by atoms with Crippen molar-refractivity contribution in [1.82, 2.24) is 10.6 Å². The minimum atomic E-state index is 0.0731. The molecule has 2 atom stereocenters. The van der Waals surface area contributed by atoms with Gasteiger partial charge in [0.25, 0.3) is 0 Å². The summed E-state index contributed by atoms with van der Waals surface area (Å²) in [5.74, 6) is 1.22. The first-order valence-electron chi connectivity index (χ1n) is 8.52. The molecule has 5 heteroatoms.